The number of hydrogen-bond acceptors (Lipinski definition) is 7. The largest absolute Gasteiger partial charge is 0.508 e. The second-order valence-corrected chi connectivity index (χ2v) is 5.67. The van der Waals surface area contributed by atoms with Gasteiger partial charge in [0.2, 0.25) is 5.13 Å². The summed E-state index contributed by atoms with van der Waals surface area (Å²) in [5.74, 6) is 0.179. The molecule has 0 spiro atoms. The predicted molar refractivity (Wildman–Crippen MR) is 93.5 cm³/mol. The Morgan fingerprint density at radius 3 is 2.88 bits per heavy atom. The fourth-order valence-electron chi connectivity index (χ4n) is 2.00. The van der Waals surface area contributed by atoms with Gasteiger partial charge in [-0.15, -0.1) is 11.3 Å². The molecule has 2 aromatic carbocycles. The first-order valence-corrected chi connectivity index (χ1v) is 7.78. The van der Waals surface area contributed by atoms with Crippen LogP contribution in [0.25, 0.3) is 11.3 Å². The summed E-state index contributed by atoms with van der Waals surface area (Å²) in [7, 11) is 0. The van der Waals surface area contributed by atoms with Gasteiger partial charge in [-0.25, -0.2) is 4.98 Å². The van der Waals surface area contributed by atoms with Gasteiger partial charge in [-0.3, -0.25) is 15.5 Å². The Bertz CT molecular complexity index is 908. The van der Waals surface area contributed by atoms with Gasteiger partial charge >= 0.3 is 0 Å². The lowest BCUT2D eigenvalue weighted by Crippen LogP contribution is -1.92. The third kappa shape index (κ3) is 3.73. The van der Waals surface area contributed by atoms with Crippen molar-refractivity contribution in [3.63, 3.8) is 0 Å². The van der Waals surface area contributed by atoms with Crippen LogP contribution >= 0.6 is 11.3 Å². The number of anilines is 1. The van der Waals surface area contributed by atoms with Gasteiger partial charge in [-0.05, 0) is 12.1 Å². The van der Waals surface area contributed by atoms with Gasteiger partial charge < -0.3 is 5.11 Å². The van der Waals surface area contributed by atoms with Crippen LogP contribution < -0.4 is 5.43 Å². The number of phenols is 1. The number of thiazole rings is 1. The molecule has 0 unspecified atom stereocenters. The van der Waals surface area contributed by atoms with E-state index < -0.39 is 4.92 Å². The van der Waals surface area contributed by atoms with Crippen molar-refractivity contribution in [1.82, 2.24) is 4.98 Å². The van der Waals surface area contributed by atoms with Crippen LogP contribution in [0.5, 0.6) is 5.75 Å². The number of nitrogens with zero attached hydrogens (tertiary/aromatic N) is 3. The monoisotopic (exact) mass is 340 g/mol. The Labute approximate surface area is 141 Å². The first-order valence-electron chi connectivity index (χ1n) is 6.90. The second-order valence-electron chi connectivity index (χ2n) is 4.81. The Hall–Kier alpha value is -3.26. The molecule has 0 saturated heterocycles. The number of benzene rings is 2. The van der Waals surface area contributed by atoms with Gasteiger partial charge in [0.05, 0.1) is 16.8 Å². The highest BCUT2D eigenvalue weighted by Gasteiger charge is 2.05. The van der Waals surface area contributed by atoms with Crippen molar-refractivity contribution in [3.8, 4) is 17.0 Å². The van der Waals surface area contributed by atoms with Crippen molar-refractivity contribution in [2.45, 2.75) is 0 Å². The Balaban J connectivity index is 1.69. The van der Waals surface area contributed by atoms with Crippen molar-refractivity contribution in [2.75, 3.05) is 5.43 Å². The minimum absolute atomic E-state index is 0.0133. The van der Waals surface area contributed by atoms with E-state index in [9.17, 15) is 15.2 Å². The molecule has 0 fully saturated rings. The summed E-state index contributed by atoms with van der Waals surface area (Å²) >= 11 is 1.37. The summed E-state index contributed by atoms with van der Waals surface area (Å²) in [4.78, 5) is 14.7. The van der Waals surface area contributed by atoms with Crippen LogP contribution in [0.3, 0.4) is 0 Å². The number of hydrogen-bond donors (Lipinski definition) is 2. The van der Waals surface area contributed by atoms with E-state index in [4.69, 9.17) is 0 Å². The molecule has 7 nitrogen and oxygen atoms in total. The van der Waals surface area contributed by atoms with E-state index in [2.05, 4.69) is 15.5 Å². The van der Waals surface area contributed by atoms with Crippen molar-refractivity contribution in [3.05, 3.63) is 69.6 Å². The van der Waals surface area contributed by atoms with E-state index in [1.165, 1.54) is 29.7 Å². The molecular weight excluding hydrogens is 328 g/mol. The number of aromatic nitrogens is 1. The quantitative estimate of drug-likeness (QED) is 0.417. The number of nitro benzene ring substituents is 1. The van der Waals surface area contributed by atoms with Gasteiger partial charge in [0, 0.05) is 28.6 Å². The van der Waals surface area contributed by atoms with E-state index in [0.29, 0.717) is 10.7 Å². The number of non-ortho nitro benzene ring substituents is 1. The molecular formula is C16H12N4O3S. The summed E-state index contributed by atoms with van der Waals surface area (Å²) in [5, 5.41) is 26.7. The number of nitrogens with one attached hydrogen (secondary N) is 1. The van der Waals surface area contributed by atoms with Gasteiger partial charge in [0.15, 0.2) is 0 Å². The highest BCUT2D eigenvalue weighted by Crippen LogP contribution is 2.27. The molecule has 3 aromatic rings. The minimum atomic E-state index is -0.451. The zero-order valence-electron chi connectivity index (χ0n) is 12.3. The van der Waals surface area contributed by atoms with Crippen LogP contribution in [0.4, 0.5) is 10.8 Å². The molecule has 0 aliphatic carbocycles. The SMILES string of the molecule is O=[N+]([O-])c1cccc(/C=N\Nc2nc(-c3cccc(O)c3)cs2)c1. The van der Waals surface area contributed by atoms with Crippen LogP contribution in [-0.4, -0.2) is 21.2 Å². The number of nitro groups is 1. The highest BCUT2D eigenvalue weighted by molar-refractivity contribution is 7.14. The molecule has 2 N–H and O–H groups in total. The first-order chi connectivity index (χ1) is 11.6. The molecule has 0 aliphatic rings. The fourth-order valence-corrected chi connectivity index (χ4v) is 2.67. The van der Waals surface area contributed by atoms with Gasteiger partial charge in [-0.1, -0.05) is 24.3 Å². The molecule has 0 aliphatic heterocycles. The molecule has 0 radical (unpaired) electrons. The molecule has 1 aromatic heterocycles. The third-order valence-electron chi connectivity index (χ3n) is 3.10. The van der Waals surface area contributed by atoms with Gasteiger partial charge in [-0.2, -0.15) is 5.10 Å². The molecule has 120 valence electrons. The average molecular weight is 340 g/mol. The van der Waals surface area contributed by atoms with Crippen molar-refractivity contribution < 1.29 is 10.0 Å². The number of rotatable bonds is 5. The number of phenolic OH excluding ortho intramolecular Hbond substituents is 1. The Kier molecular flexibility index (Phi) is 4.48. The molecule has 24 heavy (non-hydrogen) atoms. The van der Waals surface area contributed by atoms with Crippen molar-refractivity contribution in [1.29, 1.82) is 0 Å². The Morgan fingerprint density at radius 2 is 2.08 bits per heavy atom. The summed E-state index contributed by atoms with van der Waals surface area (Å²) in [6, 6.07) is 13.0. The van der Waals surface area contributed by atoms with E-state index in [1.807, 2.05) is 11.4 Å². The molecule has 8 heteroatoms. The Morgan fingerprint density at radius 1 is 1.25 bits per heavy atom. The maximum atomic E-state index is 10.7. The predicted octanol–water partition coefficient (Wildman–Crippen LogP) is 3.87. The maximum absolute atomic E-state index is 10.7. The van der Waals surface area contributed by atoms with Crippen molar-refractivity contribution in [2.24, 2.45) is 5.10 Å². The van der Waals surface area contributed by atoms with Crippen LogP contribution in [0.2, 0.25) is 0 Å². The standard InChI is InChI=1S/C16H12N4O3S/c21-14-6-2-4-12(8-14)15-10-24-16(18-15)19-17-9-11-3-1-5-13(7-11)20(22)23/h1-10,21H,(H,18,19)/b17-9-. The van der Waals surface area contributed by atoms with E-state index in [1.54, 1.807) is 30.3 Å². The highest BCUT2D eigenvalue weighted by atomic mass is 32.1. The van der Waals surface area contributed by atoms with Crippen molar-refractivity contribution >= 4 is 28.4 Å². The molecule has 0 atom stereocenters. The average Bonchev–Trinajstić information content (AvgIpc) is 3.04. The smallest absolute Gasteiger partial charge is 0.270 e. The normalized spacial score (nSPS) is 10.8. The summed E-state index contributed by atoms with van der Waals surface area (Å²) in [6.45, 7) is 0. The van der Waals surface area contributed by atoms with Crippen LogP contribution in [-0.2, 0) is 0 Å². The first kappa shape index (κ1) is 15.6. The summed E-state index contributed by atoms with van der Waals surface area (Å²) < 4.78 is 0. The van der Waals surface area contributed by atoms with Crippen LogP contribution in [0.15, 0.2) is 59.0 Å². The molecule has 0 saturated carbocycles. The van der Waals surface area contributed by atoms with Gasteiger partial charge in [0.25, 0.3) is 5.69 Å². The summed E-state index contributed by atoms with van der Waals surface area (Å²) in [6.07, 6.45) is 1.49. The molecule has 0 amide bonds. The van der Waals surface area contributed by atoms with E-state index in [0.717, 1.165) is 11.3 Å². The van der Waals surface area contributed by atoms with Gasteiger partial charge in [0.1, 0.15) is 5.75 Å². The second kappa shape index (κ2) is 6.88. The van der Waals surface area contributed by atoms with Crippen LogP contribution in [0.1, 0.15) is 5.56 Å². The topological polar surface area (TPSA) is 101 Å². The molecule has 0 bridgehead atoms. The molecule has 1 heterocycles. The summed E-state index contributed by atoms with van der Waals surface area (Å²) in [5.41, 5.74) is 4.95. The number of hydrazone groups is 1. The lowest BCUT2D eigenvalue weighted by atomic mass is 10.2. The maximum Gasteiger partial charge on any atom is 0.270 e. The fraction of sp³-hybridized carbons (Fsp3) is 0. The minimum Gasteiger partial charge on any atom is -0.508 e. The number of aromatic hydroxyl groups is 1. The third-order valence-corrected chi connectivity index (χ3v) is 3.85. The van der Waals surface area contributed by atoms with E-state index in [-0.39, 0.29) is 11.4 Å². The van der Waals surface area contributed by atoms with E-state index >= 15 is 0 Å². The lowest BCUT2D eigenvalue weighted by molar-refractivity contribution is -0.384. The zero-order valence-corrected chi connectivity index (χ0v) is 13.1. The zero-order chi connectivity index (χ0) is 16.9. The van der Waals surface area contributed by atoms with Crippen LogP contribution in [0, 0.1) is 10.1 Å². The lowest BCUT2D eigenvalue weighted by Gasteiger charge is -1.97. The molecule has 3 rings (SSSR count).